The number of rotatable bonds is 2. The summed E-state index contributed by atoms with van der Waals surface area (Å²) in [5.41, 5.74) is 4.55. The molecule has 0 heterocycles. The predicted molar refractivity (Wildman–Crippen MR) is 98.8 cm³/mol. The smallest absolute Gasteiger partial charge is 0.127 e. The van der Waals surface area contributed by atoms with Crippen LogP contribution < -0.4 is 4.74 Å². The van der Waals surface area contributed by atoms with E-state index in [1.165, 1.54) is 11.1 Å². The molecular formula is C22H22O. The lowest BCUT2D eigenvalue weighted by Crippen LogP contribution is -1.96. The van der Waals surface area contributed by atoms with Crippen LogP contribution in [0.4, 0.5) is 0 Å². The van der Waals surface area contributed by atoms with Crippen LogP contribution in [-0.4, -0.2) is 0 Å². The molecule has 1 aromatic rings. The van der Waals surface area contributed by atoms with Gasteiger partial charge in [0.2, 0.25) is 0 Å². The molecule has 2 aliphatic carbocycles. The number of hydrogen-bond donors (Lipinski definition) is 0. The maximum absolute atomic E-state index is 5.69. The van der Waals surface area contributed by atoms with E-state index < -0.39 is 0 Å². The fraction of sp³-hybridized carbons (Fsp3) is 0.0909. The Balaban J connectivity index is 0.000000203. The summed E-state index contributed by atoms with van der Waals surface area (Å²) >= 11 is 0. The van der Waals surface area contributed by atoms with Crippen LogP contribution in [-0.2, 0) is 0 Å². The number of hydrogen-bond acceptors (Lipinski definition) is 1. The van der Waals surface area contributed by atoms with Gasteiger partial charge in [-0.1, -0.05) is 55.2 Å². The summed E-state index contributed by atoms with van der Waals surface area (Å²) in [6, 6.07) is 8.00. The van der Waals surface area contributed by atoms with Crippen LogP contribution in [0.1, 0.15) is 12.5 Å². The molecule has 0 N–H and O–H groups in total. The van der Waals surface area contributed by atoms with E-state index in [4.69, 9.17) is 4.74 Å². The molecule has 3 rings (SSSR count). The minimum Gasteiger partial charge on any atom is -0.458 e. The van der Waals surface area contributed by atoms with Crippen molar-refractivity contribution in [3.8, 4) is 5.75 Å². The Bertz CT molecular complexity index is 711. The summed E-state index contributed by atoms with van der Waals surface area (Å²) in [6.45, 7) is 11.7. The third-order valence-electron chi connectivity index (χ3n) is 3.23. The minimum atomic E-state index is 0.841. The average molecular weight is 302 g/mol. The van der Waals surface area contributed by atoms with Gasteiger partial charge in [0.15, 0.2) is 0 Å². The molecule has 0 spiro atoms. The van der Waals surface area contributed by atoms with E-state index in [1.807, 2.05) is 68.3 Å². The van der Waals surface area contributed by atoms with Gasteiger partial charge in [-0.25, -0.2) is 0 Å². The van der Waals surface area contributed by atoms with E-state index in [1.54, 1.807) is 0 Å². The van der Waals surface area contributed by atoms with Crippen LogP contribution in [0.5, 0.6) is 5.75 Å². The molecule has 1 aromatic carbocycles. The Hall–Kier alpha value is -2.54. The third-order valence-corrected chi connectivity index (χ3v) is 3.23. The monoisotopic (exact) mass is 302 g/mol. The molecule has 0 unspecified atom stereocenters. The van der Waals surface area contributed by atoms with Gasteiger partial charge < -0.3 is 4.74 Å². The number of benzene rings is 1. The van der Waals surface area contributed by atoms with Crippen molar-refractivity contribution in [3.63, 3.8) is 0 Å². The Labute approximate surface area is 139 Å². The second kappa shape index (κ2) is 8.19. The molecular weight excluding hydrogens is 280 g/mol. The molecule has 0 fully saturated rings. The molecule has 0 aromatic heterocycles. The topological polar surface area (TPSA) is 9.23 Å². The molecule has 0 aliphatic heterocycles. The molecule has 2 aliphatic rings. The lowest BCUT2D eigenvalue weighted by atomic mass is 10.1. The van der Waals surface area contributed by atoms with E-state index >= 15 is 0 Å². The van der Waals surface area contributed by atoms with Gasteiger partial charge in [0.05, 0.1) is 0 Å². The average Bonchev–Trinajstić information content (AvgIpc) is 2.50. The van der Waals surface area contributed by atoms with E-state index in [0.29, 0.717) is 0 Å². The van der Waals surface area contributed by atoms with Crippen LogP contribution in [0.3, 0.4) is 0 Å². The largest absolute Gasteiger partial charge is 0.458 e. The van der Waals surface area contributed by atoms with Gasteiger partial charge in [-0.3, -0.25) is 0 Å². The first kappa shape index (κ1) is 16.8. The number of aryl methyl sites for hydroxylation is 1. The van der Waals surface area contributed by atoms with E-state index in [2.05, 4.69) is 32.2 Å². The second-order valence-electron chi connectivity index (χ2n) is 5.55. The Morgan fingerprint density at radius 2 is 1.74 bits per heavy atom. The second-order valence-corrected chi connectivity index (χ2v) is 5.55. The summed E-state index contributed by atoms with van der Waals surface area (Å²) in [5.74, 6) is 1.71. The first-order valence-electron chi connectivity index (χ1n) is 7.58. The molecule has 0 amide bonds. The van der Waals surface area contributed by atoms with Gasteiger partial charge in [-0.15, -0.1) is 0 Å². The molecule has 2 radical (unpaired) electrons. The van der Waals surface area contributed by atoms with Gasteiger partial charge in [0.1, 0.15) is 11.5 Å². The van der Waals surface area contributed by atoms with Gasteiger partial charge in [0, 0.05) is 12.8 Å². The van der Waals surface area contributed by atoms with Crippen molar-refractivity contribution in [1.82, 2.24) is 0 Å². The highest BCUT2D eigenvalue weighted by Crippen LogP contribution is 2.19. The standard InChI is InChI=1S/C14H13O.C8H9/c1-11-6-8-13(9-7-11)15-14-5-3-4-12(2)10-14;1-7-4-3-5-8(2)6-7/h3-10H,1H2,2H3;3-6H,1H2,2H3. The highest BCUT2D eigenvalue weighted by atomic mass is 16.5. The quantitative estimate of drug-likeness (QED) is 0.665. The van der Waals surface area contributed by atoms with Crippen molar-refractivity contribution in [3.05, 3.63) is 115 Å². The van der Waals surface area contributed by atoms with Gasteiger partial charge >= 0.3 is 0 Å². The normalized spacial score (nSPS) is 16.3. The van der Waals surface area contributed by atoms with Crippen LogP contribution >= 0.6 is 0 Å². The number of ether oxygens (including phenoxy) is 1. The zero-order valence-electron chi connectivity index (χ0n) is 13.8. The van der Waals surface area contributed by atoms with E-state index in [9.17, 15) is 0 Å². The van der Waals surface area contributed by atoms with Crippen LogP contribution in [0.25, 0.3) is 0 Å². The predicted octanol–water partition coefficient (Wildman–Crippen LogP) is 5.85. The zero-order valence-corrected chi connectivity index (χ0v) is 13.8. The molecule has 1 nitrogen and oxygen atoms in total. The zero-order chi connectivity index (χ0) is 16.7. The Kier molecular flexibility index (Phi) is 5.99. The third kappa shape index (κ3) is 5.99. The van der Waals surface area contributed by atoms with Crippen LogP contribution in [0, 0.1) is 19.8 Å². The lowest BCUT2D eigenvalue weighted by Gasteiger charge is -2.10. The van der Waals surface area contributed by atoms with Gasteiger partial charge in [-0.05, 0) is 54.8 Å². The van der Waals surface area contributed by atoms with Crippen molar-refractivity contribution in [1.29, 1.82) is 0 Å². The molecule has 1 heteroatoms. The summed E-state index contributed by atoms with van der Waals surface area (Å²) < 4.78 is 5.69. The Morgan fingerprint density at radius 1 is 0.913 bits per heavy atom. The first-order chi connectivity index (χ1) is 11.0. The van der Waals surface area contributed by atoms with Gasteiger partial charge in [-0.2, -0.15) is 0 Å². The summed E-state index contributed by atoms with van der Waals surface area (Å²) in [4.78, 5) is 0. The maximum atomic E-state index is 5.69. The fourth-order valence-corrected chi connectivity index (χ4v) is 2.08. The van der Waals surface area contributed by atoms with E-state index in [-0.39, 0.29) is 0 Å². The highest BCUT2D eigenvalue weighted by Gasteiger charge is 2.02. The summed E-state index contributed by atoms with van der Waals surface area (Å²) in [6.07, 6.45) is 15.8. The first-order valence-corrected chi connectivity index (χ1v) is 7.58. The molecule has 0 saturated heterocycles. The molecule has 116 valence electrons. The van der Waals surface area contributed by atoms with Crippen molar-refractivity contribution < 1.29 is 4.74 Å². The van der Waals surface area contributed by atoms with Crippen molar-refractivity contribution in [2.24, 2.45) is 0 Å². The lowest BCUT2D eigenvalue weighted by molar-refractivity contribution is 0.443. The number of allylic oxidation sites excluding steroid dienone is 9. The van der Waals surface area contributed by atoms with Crippen molar-refractivity contribution in [2.45, 2.75) is 13.8 Å². The van der Waals surface area contributed by atoms with E-state index in [0.717, 1.165) is 22.7 Å². The molecule has 0 atom stereocenters. The highest BCUT2D eigenvalue weighted by molar-refractivity contribution is 5.42. The Morgan fingerprint density at radius 3 is 2.30 bits per heavy atom. The fourth-order valence-electron chi connectivity index (χ4n) is 2.08. The summed E-state index contributed by atoms with van der Waals surface area (Å²) in [5, 5.41) is 0. The van der Waals surface area contributed by atoms with Gasteiger partial charge in [0.25, 0.3) is 0 Å². The molecule has 0 bridgehead atoms. The summed E-state index contributed by atoms with van der Waals surface area (Å²) in [7, 11) is 0. The maximum Gasteiger partial charge on any atom is 0.127 e. The molecule has 23 heavy (non-hydrogen) atoms. The minimum absolute atomic E-state index is 0.841. The van der Waals surface area contributed by atoms with Crippen LogP contribution in [0.15, 0.2) is 96.4 Å². The van der Waals surface area contributed by atoms with Crippen molar-refractivity contribution in [2.75, 3.05) is 0 Å². The SMILES string of the molecule is C=C1[CH]C=C(Oc2cccc(C)c2)C=C1.C=C1[CH]C=CC(C)=C1. The molecule has 0 saturated carbocycles. The van der Waals surface area contributed by atoms with Crippen molar-refractivity contribution >= 4 is 0 Å². The van der Waals surface area contributed by atoms with Crippen LogP contribution in [0.2, 0.25) is 0 Å².